The van der Waals surface area contributed by atoms with Crippen LogP contribution in [0.4, 0.5) is 0 Å². The first kappa shape index (κ1) is 24.3. The van der Waals surface area contributed by atoms with Crippen molar-refractivity contribution in [1.82, 2.24) is 9.62 Å². The molecule has 2 aromatic rings. The normalized spacial score (nSPS) is 16.0. The lowest BCUT2D eigenvalue weighted by atomic mass is 9.87. The van der Waals surface area contributed by atoms with Gasteiger partial charge in [0.15, 0.2) is 0 Å². The number of sulfonamides is 1. The third kappa shape index (κ3) is 6.81. The average molecular weight is 459 g/mol. The van der Waals surface area contributed by atoms with Crippen molar-refractivity contribution >= 4 is 15.9 Å². The number of piperidine rings is 1. The zero-order valence-electron chi connectivity index (χ0n) is 19.2. The summed E-state index contributed by atoms with van der Waals surface area (Å²) in [5, 5.41) is 2.92. The molecule has 0 saturated carbocycles. The number of benzene rings is 2. The zero-order chi connectivity index (χ0) is 23.2. The quantitative estimate of drug-likeness (QED) is 0.612. The van der Waals surface area contributed by atoms with Crippen molar-refractivity contribution in [1.29, 1.82) is 0 Å². The van der Waals surface area contributed by atoms with E-state index in [-0.39, 0.29) is 23.0 Å². The first-order valence-corrected chi connectivity index (χ1v) is 12.8. The van der Waals surface area contributed by atoms with Crippen LogP contribution in [0.5, 0.6) is 5.75 Å². The molecular formula is C25H34N2O4S. The molecule has 174 valence electrons. The summed E-state index contributed by atoms with van der Waals surface area (Å²) in [7, 11) is -3.37. The molecule has 0 spiro atoms. The molecule has 0 radical (unpaired) electrons. The number of amides is 1. The van der Waals surface area contributed by atoms with E-state index in [9.17, 15) is 13.2 Å². The van der Waals surface area contributed by atoms with Crippen LogP contribution in [-0.2, 0) is 26.0 Å². The van der Waals surface area contributed by atoms with Crippen LogP contribution in [0.25, 0.3) is 0 Å². The molecule has 0 bridgehead atoms. The van der Waals surface area contributed by atoms with E-state index < -0.39 is 10.0 Å². The summed E-state index contributed by atoms with van der Waals surface area (Å²) in [6.45, 7) is 8.08. The fourth-order valence-corrected chi connectivity index (χ4v) is 5.37. The highest BCUT2D eigenvalue weighted by molar-refractivity contribution is 7.88. The molecule has 2 aromatic carbocycles. The van der Waals surface area contributed by atoms with Gasteiger partial charge in [-0.2, -0.15) is 0 Å². The van der Waals surface area contributed by atoms with E-state index in [0.29, 0.717) is 39.1 Å². The zero-order valence-corrected chi connectivity index (χ0v) is 20.0. The second-order valence-electron chi connectivity index (χ2n) is 9.33. The van der Waals surface area contributed by atoms with E-state index in [0.717, 1.165) is 11.3 Å². The van der Waals surface area contributed by atoms with E-state index in [2.05, 4.69) is 38.2 Å². The number of nitrogens with zero attached hydrogens (tertiary/aromatic N) is 1. The minimum atomic E-state index is -3.37. The van der Waals surface area contributed by atoms with Crippen LogP contribution in [0, 0.1) is 5.92 Å². The lowest BCUT2D eigenvalue weighted by Crippen LogP contribution is -2.43. The fourth-order valence-electron chi connectivity index (χ4n) is 3.81. The number of carbonyl (C=O) groups is 1. The Morgan fingerprint density at radius 3 is 2.25 bits per heavy atom. The van der Waals surface area contributed by atoms with Gasteiger partial charge >= 0.3 is 0 Å². The van der Waals surface area contributed by atoms with Crippen molar-refractivity contribution in [3.05, 3.63) is 65.7 Å². The summed E-state index contributed by atoms with van der Waals surface area (Å²) in [6, 6.07) is 17.2. The van der Waals surface area contributed by atoms with Gasteiger partial charge in [-0.25, -0.2) is 12.7 Å². The van der Waals surface area contributed by atoms with Gasteiger partial charge in [0.2, 0.25) is 15.9 Å². The second kappa shape index (κ2) is 10.5. The summed E-state index contributed by atoms with van der Waals surface area (Å²) < 4.78 is 32.6. The van der Waals surface area contributed by atoms with Gasteiger partial charge in [-0.15, -0.1) is 0 Å². The van der Waals surface area contributed by atoms with Crippen molar-refractivity contribution in [2.24, 2.45) is 5.92 Å². The number of ether oxygens (including phenoxy) is 1. The maximum absolute atomic E-state index is 12.7. The third-order valence-corrected chi connectivity index (χ3v) is 7.65. The molecule has 6 nitrogen and oxygen atoms in total. The van der Waals surface area contributed by atoms with E-state index in [1.807, 2.05) is 42.5 Å². The highest BCUT2D eigenvalue weighted by atomic mass is 32.2. The van der Waals surface area contributed by atoms with Crippen LogP contribution in [0.1, 0.15) is 44.7 Å². The first-order chi connectivity index (χ1) is 15.1. The van der Waals surface area contributed by atoms with Crippen LogP contribution >= 0.6 is 0 Å². The van der Waals surface area contributed by atoms with Crippen LogP contribution in [0.15, 0.2) is 54.6 Å². The van der Waals surface area contributed by atoms with Gasteiger partial charge in [0.25, 0.3) is 0 Å². The van der Waals surface area contributed by atoms with Crippen LogP contribution < -0.4 is 10.1 Å². The highest BCUT2D eigenvalue weighted by Gasteiger charge is 2.31. The molecule has 0 aromatic heterocycles. The van der Waals surface area contributed by atoms with Gasteiger partial charge in [0.05, 0.1) is 12.3 Å². The van der Waals surface area contributed by atoms with E-state index >= 15 is 0 Å². The van der Waals surface area contributed by atoms with E-state index in [1.165, 1.54) is 9.87 Å². The number of hydrogen-bond donors (Lipinski definition) is 1. The molecule has 3 rings (SSSR count). The largest absolute Gasteiger partial charge is 0.492 e. The maximum atomic E-state index is 12.7. The van der Waals surface area contributed by atoms with Crippen molar-refractivity contribution in [3.8, 4) is 5.75 Å². The Morgan fingerprint density at radius 2 is 1.66 bits per heavy atom. The Morgan fingerprint density at radius 1 is 1.03 bits per heavy atom. The molecule has 0 atom stereocenters. The van der Waals surface area contributed by atoms with Crippen LogP contribution in [0.3, 0.4) is 0 Å². The Balaban J connectivity index is 1.38. The molecule has 1 N–H and O–H groups in total. The number of hydrogen-bond acceptors (Lipinski definition) is 4. The molecule has 1 fully saturated rings. The molecule has 1 saturated heterocycles. The van der Waals surface area contributed by atoms with Crippen molar-refractivity contribution < 1.29 is 17.9 Å². The maximum Gasteiger partial charge on any atom is 0.223 e. The molecule has 1 amide bonds. The summed E-state index contributed by atoms with van der Waals surface area (Å²) >= 11 is 0. The average Bonchev–Trinajstić information content (AvgIpc) is 2.77. The van der Waals surface area contributed by atoms with Gasteiger partial charge in [-0.1, -0.05) is 63.2 Å². The summed E-state index contributed by atoms with van der Waals surface area (Å²) in [5.41, 5.74) is 2.12. The number of carbonyl (C=O) groups excluding carboxylic acids is 1. The molecular weight excluding hydrogens is 424 g/mol. The topological polar surface area (TPSA) is 75.7 Å². The standard InChI is InChI=1S/C25H34N2O4S/c1-25(2,3)22-9-11-23(12-10-22)31-18-15-26-24(28)21-13-16-27(17-14-21)32(29,30)19-20-7-5-4-6-8-20/h4-12,21H,13-19H2,1-3H3,(H,26,28). The van der Waals surface area contributed by atoms with E-state index in [4.69, 9.17) is 4.74 Å². The third-order valence-electron chi connectivity index (χ3n) is 5.80. The first-order valence-electron chi connectivity index (χ1n) is 11.2. The summed E-state index contributed by atoms with van der Waals surface area (Å²) in [5.74, 6) is 0.587. The lowest BCUT2D eigenvalue weighted by molar-refractivity contribution is -0.126. The Labute approximate surface area is 192 Å². The molecule has 1 heterocycles. The smallest absolute Gasteiger partial charge is 0.223 e. The molecule has 1 aliphatic rings. The predicted octanol–water partition coefficient (Wildman–Crippen LogP) is 3.72. The molecule has 0 aliphatic carbocycles. The number of rotatable bonds is 8. The lowest BCUT2D eigenvalue weighted by Gasteiger charge is -2.30. The molecule has 32 heavy (non-hydrogen) atoms. The Bertz CT molecular complexity index is 975. The summed E-state index contributed by atoms with van der Waals surface area (Å²) in [6.07, 6.45) is 1.07. The Kier molecular flexibility index (Phi) is 7.96. The van der Waals surface area contributed by atoms with Gasteiger partial charge in [0.1, 0.15) is 12.4 Å². The minimum absolute atomic E-state index is 0.00122. The fraction of sp³-hybridized carbons (Fsp3) is 0.480. The van der Waals surface area contributed by atoms with Crippen LogP contribution in [0.2, 0.25) is 0 Å². The van der Waals surface area contributed by atoms with Crippen LogP contribution in [-0.4, -0.2) is 44.9 Å². The molecule has 0 unspecified atom stereocenters. The minimum Gasteiger partial charge on any atom is -0.492 e. The van der Waals surface area contributed by atoms with Gasteiger partial charge < -0.3 is 10.1 Å². The van der Waals surface area contributed by atoms with E-state index in [1.54, 1.807) is 0 Å². The molecule has 1 aliphatic heterocycles. The summed E-state index contributed by atoms with van der Waals surface area (Å²) in [4.78, 5) is 12.5. The predicted molar refractivity (Wildman–Crippen MR) is 127 cm³/mol. The van der Waals surface area contributed by atoms with Gasteiger partial charge in [-0.05, 0) is 41.5 Å². The van der Waals surface area contributed by atoms with Crippen molar-refractivity contribution in [2.75, 3.05) is 26.2 Å². The highest BCUT2D eigenvalue weighted by Crippen LogP contribution is 2.24. The Hall–Kier alpha value is -2.38. The van der Waals surface area contributed by atoms with Gasteiger partial charge in [-0.3, -0.25) is 4.79 Å². The number of nitrogens with one attached hydrogen (secondary N) is 1. The van der Waals surface area contributed by atoms with Gasteiger partial charge in [0, 0.05) is 19.0 Å². The molecule has 7 heteroatoms. The van der Waals surface area contributed by atoms with Crippen molar-refractivity contribution in [3.63, 3.8) is 0 Å². The SMILES string of the molecule is CC(C)(C)c1ccc(OCCNC(=O)C2CCN(S(=O)(=O)Cc3ccccc3)CC2)cc1. The monoisotopic (exact) mass is 458 g/mol. The van der Waals surface area contributed by atoms with Crippen molar-refractivity contribution in [2.45, 2.75) is 44.8 Å². The second-order valence-corrected chi connectivity index (χ2v) is 11.3.